The lowest BCUT2D eigenvalue weighted by Gasteiger charge is -2.03. The molecule has 2 aromatic heterocycles. The van der Waals surface area contributed by atoms with Crippen LogP contribution in [0.25, 0.3) is 39.3 Å². The smallest absolute Gasteiger partial charge is 0.197 e. The summed E-state index contributed by atoms with van der Waals surface area (Å²) in [6.45, 7) is 0. The molecule has 0 bridgehead atoms. The van der Waals surface area contributed by atoms with Gasteiger partial charge in [0.2, 0.25) is 0 Å². The quantitative estimate of drug-likeness (QED) is 0.201. The fraction of sp³-hybridized carbons (Fsp3) is 0. The van der Waals surface area contributed by atoms with Crippen molar-refractivity contribution in [1.82, 2.24) is 0 Å². The molecule has 1 aliphatic carbocycles. The summed E-state index contributed by atoms with van der Waals surface area (Å²) in [5.74, 6) is 0.213. The van der Waals surface area contributed by atoms with Gasteiger partial charge in [-0.25, -0.2) is 0 Å². The van der Waals surface area contributed by atoms with E-state index in [0.717, 1.165) is 16.3 Å². The number of fused-ring (bicyclic) bond motifs is 3. The van der Waals surface area contributed by atoms with Gasteiger partial charge in [0.05, 0.1) is 15.6 Å². The summed E-state index contributed by atoms with van der Waals surface area (Å²) in [5.41, 5.74) is 2.50. The third-order valence-corrected chi connectivity index (χ3v) is 6.33. The molecule has 2 heterocycles. The lowest BCUT2D eigenvalue weighted by Crippen LogP contribution is -1.99. The normalized spacial score (nSPS) is 13.4. The van der Waals surface area contributed by atoms with Gasteiger partial charge in [0, 0.05) is 28.8 Å². The molecule has 0 aliphatic heterocycles. The van der Waals surface area contributed by atoms with Crippen LogP contribution in [0.5, 0.6) is 0 Å². The van der Waals surface area contributed by atoms with Gasteiger partial charge >= 0.3 is 0 Å². The summed E-state index contributed by atoms with van der Waals surface area (Å²) >= 11 is 12.0. The fourth-order valence-corrected chi connectivity index (χ4v) is 4.42. The zero-order valence-corrected chi connectivity index (χ0v) is 17.8. The molecule has 0 N–H and O–H groups in total. The van der Waals surface area contributed by atoms with E-state index in [1.165, 1.54) is 18.2 Å². The average molecular weight is 459 g/mol. The van der Waals surface area contributed by atoms with Gasteiger partial charge in [-0.2, -0.15) is 0 Å². The van der Waals surface area contributed by atoms with Crippen LogP contribution in [0.3, 0.4) is 0 Å². The van der Waals surface area contributed by atoms with E-state index < -0.39 is 11.6 Å². The first-order valence-corrected chi connectivity index (χ1v) is 10.6. The van der Waals surface area contributed by atoms with Gasteiger partial charge in [-0.3, -0.25) is 9.59 Å². The molecule has 0 saturated heterocycles. The van der Waals surface area contributed by atoms with Crippen molar-refractivity contribution in [2.45, 2.75) is 0 Å². The molecule has 0 amide bonds. The molecular weight excluding hydrogens is 447 g/mol. The van der Waals surface area contributed by atoms with Crippen LogP contribution in [-0.4, -0.2) is 11.6 Å². The van der Waals surface area contributed by atoms with Crippen LogP contribution < -0.4 is 0 Å². The summed E-state index contributed by atoms with van der Waals surface area (Å²) in [6.07, 6.45) is 1.43. The largest absolute Gasteiger partial charge is 0.453 e. The second-order valence-corrected chi connectivity index (χ2v) is 8.36. The van der Waals surface area contributed by atoms with Gasteiger partial charge in [0.25, 0.3) is 0 Å². The topological polar surface area (TPSA) is 60.4 Å². The monoisotopic (exact) mass is 458 g/mol. The Morgan fingerprint density at radius 1 is 0.688 bits per heavy atom. The van der Waals surface area contributed by atoms with Crippen LogP contribution >= 0.6 is 23.2 Å². The number of Topliss-reactive ketones (excluding diaryl/α,β-unsaturated/α-hetero) is 2. The van der Waals surface area contributed by atoms with Gasteiger partial charge in [0.1, 0.15) is 11.5 Å². The van der Waals surface area contributed by atoms with E-state index in [2.05, 4.69) is 0 Å². The molecule has 154 valence electrons. The Morgan fingerprint density at radius 2 is 1.34 bits per heavy atom. The van der Waals surface area contributed by atoms with Crippen LogP contribution in [0.4, 0.5) is 0 Å². The average Bonchev–Trinajstić information content (AvgIpc) is 3.42. The Kier molecular flexibility index (Phi) is 4.15. The summed E-state index contributed by atoms with van der Waals surface area (Å²) in [5, 5.41) is 2.64. The Bertz CT molecular complexity index is 1550. The highest BCUT2D eigenvalue weighted by Gasteiger charge is 2.34. The molecule has 4 nitrogen and oxygen atoms in total. The lowest BCUT2D eigenvalue weighted by molar-refractivity contribution is 0.0990. The molecular formula is C26H12Cl2O4. The number of carbonyl (C=O) groups is 2. The molecule has 1 aliphatic rings. The third kappa shape index (κ3) is 2.84. The molecule has 32 heavy (non-hydrogen) atoms. The van der Waals surface area contributed by atoms with E-state index in [1.54, 1.807) is 6.07 Å². The minimum Gasteiger partial charge on any atom is -0.453 e. The Labute approximate surface area is 191 Å². The maximum Gasteiger partial charge on any atom is 0.197 e. The minimum absolute atomic E-state index is 0.00372. The highest BCUT2D eigenvalue weighted by molar-refractivity contribution is 6.46. The Morgan fingerprint density at radius 3 is 2.06 bits per heavy atom. The van der Waals surface area contributed by atoms with E-state index in [0.29, 0.717) is 22.7 Å². The van der Waals surface area contributed by atoms with Gasteiger partial charge in [0.15, 0.2) is 22.7 Å². The molecule has 0 fully saturated rings. The lowest BCUT2D eigenvalue weighted by atomic mass is 10.0. The van der Waals surface area contributed by atoms with E-state index in [1.807, 2.05) is 48.5 Å². The number of hydrogen-bond donors (Lipinski definition) is 0. The minimum atomic E-state index is -0.409. The zero-order valence-electron chi connectivity index (χ0n) is 16.3. The zero-order chi connectivity index (χ0) is 22.0. The predicted molar refractivity (Wildman–Crippen MR) is 125 cm³/mol. The van der Waals surface area contributed by atoms with Gasteiger partial charge in [-0.05, 0) is 29.0 Å². The fourth-order valence-electron chi connectivity index (χ4n) is 4.09. The first-order valence-electron chi connectivity index (χ1n) is 9.81. The van der Waals surface area contributed by atoms with E-state index in [-0.39, 0.29) is 26.7 Å². The summed E-state index contributed by atoms with van der Waals surface area (Å²) in [7, 11) is 0. The molecule has 5 aromatic rings. The number of hydrogen-bond acceptors (Lipinski definition) is 4. The van der Waals surface area contributed by atoms with Gasteiger partial charge in [-0.15, -0.1) is 0 Å². The summed E-state index contributed by atoms with van der Waals surface area (Å²) < 4.78 is 11.9. The molecule has 3 aromatic carbocycles. The first kappa shape index (κ1) is 19.1. The number of benzene rings is 3. The second-order valence-electron chi connectivity index (χ2n) is 7.54. The third-order valence-electron chi connectivity index (χ3n) is 5.61. The van der Waals surface area contributed by atoms with Crippen molar-refractivity contribution in [1.29, 1.82) is 0 Å². The highest BCUT2D eigenvalue weighted by Crippen LogP contribution is 2.37. The summed E-state index contributed by atoms with van der Waals surface area (Å²) in [4.78, 5) is 25.5. The molecule has 6 heteroatoms. The van der Waals surface area contributed by atoms with E-state index >= 15 is 0 Å². The van der Waals surface area contributed by atoms with Crippen molar-refractivity contribution in [3.63, 3.8) is 0 Å². The van der Waals surface area contributed by atoms with Gasteiger partial charge < -0.3 is 8.83 Å². The van der Waals surface area contributed by atoms with Crippen molar-refractivity contribution in [2.75, 3.05) is 0 Å². The number of ketones is 2. The maximum absolute atomic E-state index is 12.7. The SMILES string of the molecule is O=C1C(=Cc2cc3oc(-c4cccc5ccccc45)cc3o2)C(=O)c2cc(Cl)c(Cl)cc21. The highest BCUT2D eigenvalue weighted by atomic mass is 35.5. The first-order chi connectivity index (χ1) is 15.5. The van der Waals surface area contributed by atoms with Crippen LogP contribution in [0.1, 0.15) is 26.5 Å². The van der Waals surface area contributed by atoms with Crippen molar-refractivity contribution in [3.05, 3.63) is 99.2 Å². The number of carbonyl (C=O) groups excluding carboxylic acids is 2. The van der Waals surface area contributed by atoms with Crippen molar-refractivity contribution >= 4 is 62.8 Å². The molecule has 0 unspecified atom stereocenters. The van der Waals surface area contributed by atoms with Crippen molar-refractivity contribution < 1.29 is 18.4 Å². The number of rotatable bonds is 2. The van der Waals surface area contributed by atoms with E-state index in [4.69, 9.17) is 32.0 Å². The number of furan rings is 2. The Balaban J connectivity index is 1.39. The number of allylic oxidation sites excluding steroid dienone is 1. The molecule has 0 radical (unpaired) electrons. The molecule has 0 spiro atoms. The predicted octanol–water partition coefficient (Wildman–Crippen LogP) is 7.62. The number of halogens is 2. The second kappa shape index (κ2) is 6.95. The summed E-state index contributed by atoms with van der Waals surface area (Å²) in [6, 6.07) is 20.4. The Hall–Kier alpha value is -3.60. The van der Waals surface area contributed by atoms with Crippen LogP contribution in [0, 0.1) is 0 Å². The van der Waals surface area contributed by atoms with Gasteiger partial charge in [-0.1, -0.05) is 65.7 Å². The van der Waals surface area contributed by atoms with Crippen LogP contribution in [-0.2, 0) is 0 Å². The molecule has 0 saturated carbocycles. The molecule has 0 atom stereocenters. The standard InChI is InChI=1S/C26H12Cl2O4/c27-20-10-17-18(11-21(20)28)26(30)19(25(17)29)8-14-9-23-24(31-14)12-22(32-23)16-7-3-5-13-4-1-2-6-15(13)16/h1-12H. The van der Waals surface area contributed by atoms with Crippen LogP contribution in [0.2, 0.25) is 10.0 Å². The maximum atomic E-state index is 12.7. The van der Waals surface area contributed by atoms with E-state index in [9.17, 15) is 9.59 Å². The molecule has 6 rings (SSSR count). The van der Waals surface area contributed by atoms with Crippen molar-refractivity contribution in [2.24, 2.45) is 0 Å². The van der Waals surface area contributed by atoms with Crippen LogP contribution in [0.15, 0.2) is 81.1 Å². The van der Waals surface area contributed by atoms with Crippen molar-refractivity contribution in [3.8, 4) is 11.3 Å².